The fourth-order valence-electron chi connectivity index (χ4n) is 6.14. The van der Waals surface area contributed by atoms with Gasteiger partial charge in [-0.2, -0.15) is 0 Å². The maximum absolute atomic E-state index is 6.27. The quantitative estimate of drug-likeness (QED) is 0.0964. The SMILES string of the molecule is CS(Cl)(Cl)CCCc1ccc(N(c2ccccc2)c2ccc(-c3ccc(N(c4ccccc4)c4ccc(CCCSCl)cc4)cc3)cc2)cc1. The summed E-state index contributed by atoms with van der Waals surface area (Å²) in [6.07, 6.45) is 5.98. The van der Waals surface area contributed by atoms with Crippen LogP contribution in [0, 0.1) is 0 Å². The van der Waals surface area contributed by atoms with Gasteiger partial charge in [-0.05, 0) is 138 Å². The lowest BCUT2D eigenvalue weighted by Crippen LogP contribution is -2.10. The molecule has 0 unspecified atom stereocenters. The fraction of sp³-hybridized carbons (Fsp3) is 0.163. The molecule has 0 heterocycles. The van der Waals surface area contributed by atoms with E-state index in [2.05, 4.69) is 168 Å². The minimum atomic E-state index is -1.51. The van der Waals surface area contributed by atoms with Crippen molar-refractivity contribution in [1.29, 1.82) is 0 Å². The minimum Gasteiger partial charge on any atom is -0.311 e. The number of halogens is 3. The van der Waals surface area contributed by atoms with Crippen molar-refractivity contribution in [3.8, 4) is 11.1 Å². The third-order valence-electron chi connectivity index (χ3n) is 8.66. The van der Waals surface area contributed by atoms with Gasteiger partial charge in [0.2, 0.25) is 0 Å². The zero-order valence-electron chi connectivity index (χ0n) is 28.1. The predicted octanol–water partition coefficient (Wildman–Crippen LogP) is 14.8. The molecule has 0 saturated carbocycles. The smallest absolute Gasteiger partial charge is 0.0462 e. The van der Waals surface area contributed by atoms with Gasteiger partial charge < -0.3 is 9.80 Å². The second-order valence-corrected chi connectivity index (χ2v) is 20.4. The number of benzene rings is 6. The van der Waals surface area contributed by atoms with Gasteiger partial charge in [0.1, 0.15) is 0 Å². The Bertz CT molecular complexity index is 1900. The topological polar surface area (TPSA) is 6.48 Å². The Morgan fingerprint density at radius 1 is 0.460 bits per heavy atom. The molecule has 0 amide bonds. The molecule has 0 aromatic heterocycles. The zero-order chi connectivity index (χ0) is 34.8. The van der Waals surface area contributed by atoms with Gasteiger partial charge in [0.15, 0.2) is 0 Å². The molecule has 0 N–H and O–H groups in total. The van der Waals surface area contributed by atoms with Gasteiger partial charge in [-0.15, -0.1) is 0 Å². The molecule has 0 bridgehead atoms. The summed E-state index contributed by atoms with van der Waals surface area (Å²) in [6, 6.07) is 56.5. The van der Waals surface area contributed by atoms with Crippen LogP contribution in [0.2, 0.25) is 0 Å². The number of hydrogen-bond acceptors (Lipinski definition) is 3. The monoisotopic (exact) mass is 754 g/mol. The first kappa shape index (κ1) is 36.3. The van der Waals surface area contributed by atoms with E-state index in [1.54, 1.807) is 0 Å². The Kier molecular flexibility index (Phi) is 12.8. The molecule has 0 spiro atoms. The van der Waals surface area contributed by atoms with E-state index in [0.29, 0.717) is 0 Å². The molecule has 6 aromatic rings. The predicted molar refractivity (Wildman–Crippen MR) is 226 cm³/mol. The summed E-state index contributed by atoms with van der Waals surface area (Å²) >= 11 is 0. The zero-order valence-corrected chi connectivity index (χ0v) is 32.0. The van der Waals surface area contributed by atoms with Crippen molar-refractivity contribution < 1.29 is 0 Å². The van der Waals surface area contributed by atoms with Crippen molar-refractivity contribution in [2.24, 2.45) is 0 Å². The molecule has 0 aliphatic heterocycles. The van der Waals surface area contributed by atoms with Crippen molar-refractivity contribution in [1.82, 2.24) is 0 Å². The van der Waals surface area contributed by atoms with Crippen LogP contribution in [-0.4, -0.2) is 17.8 Å². The minimum absolute atomic E-state index is 0.845. The average Bonchev–Trinajstić information content (AvgIpc) is 3.14. The normalized spacial score (nSPS) is 11.7. The molecule has 0 fully saturated rings. The average molecular weight is 756 g/mol. The van der Waals surface area contributed by atoms with Crippen molar-refractivity contribution in [2.75, 3.05) is 27.6 Å². The molecule has 2 nitrogen and oxygen atoms in total. The summed E-state index contributed by atoms with van der Waals surface area (Å²) in [6.45, 7) is 0. The fourth-order valence-corrected chi connectivity index (χ4v) is 8.03. The van der Waals surface area contributed by atoms with Crippen LogP contribution in [0.3, 0.4) is 0 Å². The largest absolute Gasteiger partial charge is 0.311 e. The van der Waals surface area contributed by atoms with Crippen LogP contribution in [-0.2, 0) is 12.8 Å². The van der Waals surface area contributed by atoms with E-state index in [4.69, 9.17) is 32.0 Å². The van der Waals surface area contributed by atoms with Crippen LogP contribution < -0.4 is 9.80 Å². The number of rotatable bonds is 15. The second-order valence-electron chi connectivity index (χ2n) is 12.4. The lowest BCUT2D eigenvalue weighted by Gasteiger charge is -2.26. The van der Waals surface area contributed by atoms with E-state index in [1.165, 1.54) is 33.2 Å². The highest BCUT2D eigenvalue weighted by molar-refractivity contribution is 8.65. The van der Waals surface area contributed by atoms with Gasteiger partial charge in [0.25, 0.3) is 0 Å². The molecule has 50 heavy (non-hydrogen) atoms. The molecule has 0 saturated heterocycles. The van der Waals surface area contributed by atoms with E-state index in [0.717, 1.165) is 71.3 Å². The number of anilines is 6. The first-order valence-electron chi connectivity index (χ1n) is 16.9. The maximum atomic E-state index is 6.27. The number of aryl methyl sites for hydroxylation is 2. The third-order valence-corrected chi connectivity index (χ3v) is 11.5. The van der Waals surface area contributed by atoms with E-state index in [1.807, 2.05) is 6.26 Å². The molecule has 0 radical (unpaired) electrons. The van der Waals surface area contributed by atoms with E-state index in [9.17, 15) is 0 Å². The van der Waals surface area contributed by atoms with Gasteiger partial charge >= 0.3 is 0 Å². The Labute approximate surface area is 316 Å². The van der Waals surface area contributed by atoms with Gasteiger partial charge in [0.05, 0.1) is 0 Å². The van der Waals surface area contributed by atoms with Crippen molar-refractivity contribution >= 4 is 85.6 Å². The third kappa shape index (κ3) is 9.84. The van der Waals surface area contributed by atoms with Crippen LogP contribution >= 0.6 is 51.5 Å². The Hall–Kier alpha value is -3.51. The van der Waals surface area contributed by atoms with Crippen LogP contribution in [0.5, 0.6) is 0 Å². The number of nitrogens with zero attached hydrogens (tertiary/aromatic N) is 2. The Morgan fingerprint density at radius 3 is 1.16 bits per heavy atom. The molecule has 0 aliphatic carbocycles. The van der Waals surface area contributed by atoms with Gasteiger partial charge in [0, 0.05) is 45.6 Å². The molecule has 6 aromatic carbocycles. The lowest BCUT2D eigenvalue weighted by atomic mass is 10.0. The van der Waals surface area contributed by atoms with E-state index >= 15 is 0 Å². The van der Waals surface area contributed by atoms with Crippen LogP contribution in [0.25, 0.3) is 11.1 Å². The summed E-state index contributed by atoms with van der Waals surface area (Å²) in [4.78, 5) is 4.61. The summed E-state index contributed by atoms with van der Waals surface area (Å²) < 4.78 is 0. The highest BCUT2D eigenvalue weighted by atomic mass is 36.0. The molecule has 0 atom stereocenters. The molecular formula is C43H41Cl3N2S2. The van der Waals surface area contributed by atoms with Crippen LogP contribution in [0.4, 0.5) is 34.1 Å². The van der Waals surface area contributed by atoms with E-state index in [-0.39, 0.29) is 0 Å². The molecular weight excluding hydrogens is 715 g/mol. The molecule has 0 aliphatic rings. The Balaban J connectivity index is 1.22. The summed E-state index contributed by atoms with van der Waals surface area (Å²) in [5.74, 6) is 1.80. The van der Waals surface area contributed by atoms with Crippen molar-refractivity contribution in [3.63, 3.8) is 0 Å². The Morgan fingerprint density at radius 2 is 0.800 bits per heavy atom. The lowest BCUT2D eigenvalue weighted by molar-refractivity contribution is 0.932. The van der Waals surface area contributed by atoms with Crippen molar-refractivity contribution in [3.05, 3.63) is 169 Å². The first-order valence-corrected chi connectivity index (χ1v) is 22.5. The standard InChI is InChI=1S/C43H41Cl3N2S2/c1-50(45,46)33-9-11-35-18-26-41(27-19-35)48(39-14-6-3-7-15-39)43-30-22-37(23-31-43)36-20-28-42(29-21-36)47(38-12-4-2-5-13-38)40-24-16-34(17-25-40)10-8-32-49-44/h2-7,12-31H,8-11,32-33H2,1H3. The number of para-hydroxylation sites is 2. The molecule has 256 valence electrons. The van der Waals surface area contributed by atoms with E-state index < -0.39 is 8.46 Å². The van der Waals surface area contributed by atoms with Gasteiger partial charge in [-0.3, -0.25) is 0 Å². The van der Waals surface area contributed by atoms with Crippen LogP contribution in [0.1, 0.15) is 24.0 Å². The van der Waals surface area contributed by atoms with Crippen LogP contribution in [0.15, 0.2) is 158 Å². The highest BCUT2D eigenvalue weighted by Gasteiger charge is 2.15. The highest BCUT2D eigenvalue weighted by Crippen LogP contribution is 2.55. The molecule has 6 rings (SSSR count). The second kappa shape index (κ2) is 17.6. The molecule has 7 heteroatoms. The van der Waals surface area contributed by atoms with Crippen molar-refractivity contribution in [2.45, 2.75) is 25.7 Å². The first-order chi connectivity index (χ1) is 24.4. The maximum Gasteiger partial charge on any atom is 0.0462 e. The summed E-state index contributed by atoms with van der Waals surface area (Å²) in [7, 11) is 18.2. The van der Waals surface area contributed by atoms with Gasteiger partial charge in [-0.25, -0.2) is 0 Å². The summed E-state index contributed by atoms with van der Waals surface area (Å²) in [5, 5.41) is 0. The summed E-state index contributed by atoms with van der Waals surface area (Å²) in [5.41, 5.74) is 11.7. The number of hydrogen-bond donors (Lipinski definition) is 0. The van der Waals surface area contributed by atoms with Gasteiger partial charge in [-0.1, -0.05) is 126 Å².